The summed E-state index contributed by atoms with van der Waals surface area (Å²) < 4.78 is 38.2. The number of furan rings is 1. The van der Waals surface area contributed by atoms with Gasteiger partial charge in [0.2, 0.25) is 5.76 Å². The largest absolute Gasteiger partial charge is 0.463 e. The number of aromatic amines is 1. The SMILES string of the molecule is CCc1cc(=O)[nH]c(-c2cccc(NS(=O)(=O)c3cc(C(=O)OC)oc3CC)c2)n1. The van der Waals surface area contributed by atoms with Crippen molar-refractivity contribution in [2.45, 2.75) is 31.6 Å². The van der Waals surface area contributed by atoms with Crippen molar-refractivity contribution in [2.24, 2.45) is 0 Å². The highest BCUT2D eigenvalue weighted by Crippen LogP contribution is 2.26. The number of hydrogen-bond acceptors (Lipinski definition) is 7. The number of rotatable bonds is 7. The number of methoxy groups -OCH3 is 1. The van der Waals surface area contributed by atoms with E-state index in [4.69, 9.17) is 4.42 Å². The van der Waals surface area contributed by atoms with Crippen LogP contribution in [0, 0.1) is 0 Å². The minimum Gasteiger partial charge on any atom is -0.463 e. The molecule has 10 heteroatoms. The van der Waals surface area contributed by atoms with Crippen LogP contribution in [-0.4, -0.2) is 31.5 Å². The molecule has 0 unspecified atom stereocenters. The van der Waals surface area contributed by atoms with Crippen LogP contribution < -0.4 is 10.3 Å². The number of hydrogen-bond donors (Lipinski definition) is 2. The Morgan fingerprint density at radius 1 is 1.20 bits per heavy atom. The van der Waals surface area contributed by atoms with Gasteiger partial charge in [-0.1, -0.05) is 26.0 Å². The predicted octanol–water partition coefficient (Wildman–Crippen LogP) is 2.74. The van der Waals surface area contributed by atoms with Crippen LogP contribution in [0.25, 0.3) is 11.4 Å². The third-order valence-corrected chi connectivity index (χ3v) is 5.74. The molecule has 1 aromatic carbocycles. The molecule has 158 valence electrons. The van der Waals surface area contributed by atoms with Crippen LogP contribution in [0.1, 0.15) is 35.9 Å². The Hall–Kier alpha value is -3.40. The van der Waals surface area contributed by atoms with E-state index in [1.54, 1.807) is 31.2 Å². The van der Waals surface area contributed by atoms with Crippen LogP contribution in [0.4, 0.5) is 5.69 Å². The predicted molar refractivity (Wildman–Crippen MR) is 110 cm³/mol. The molecule has 0 saturated carbocycles. The van der Waals surface area contributed by atoms with Crippen LogP contribution in [0.5, 0.6) is 0 Å². The zero-order chi connectivity index (χ0) is 21.9. The van der Waals surface area contributed by atoms with Gasteiger partial charge in [-0.05, 0) is 18.6 Å². The number of nitrogens with one attached hydrogen (secondary N) is 2. The van der Waals surface area contributed by atoms with Crippen LogP contribution >= 0.6 is 0 Å². The van der Waals surface area contributed by atoms with Crippen molar-refractivity contribution in [3.63, 3.8) is 0 Å². The van der Waals surface area contributed by atoms with E-state index >= 15 is 0 Å². The van der Waals surface area contributed by atoms with Crippen LogP contribution in [0.15, 0.2) is 50.5 Å². The van der Waals surface area contributed by atoms with Gasteiger partial charge in [-0.3, -0.25) is 9.52 Å². The van der Waals surface area contributed by atoms with Gasteiger partial charge < -0.3 is 14.1 Å². The van der Waals surface area contributed by atoms with E-state index in [1.165, 1.54) is 13.2 Å². The Bertz CT molecular complexity index is 1240. The van der Waals surface area contributed by atoms with Crippen molar-refractivity contribution < 1.29 is 22.4 Å². The maximum Gasteiger partial charge on any atom is 0.373 e. The lowest BCUT2D eigenvalue weighted by molar-refractivity contribution is 0.0563. The van der Waals surface area contributed by atoms with E-state index in [2.05, 4.69) is 19.4 Å². The smallest absolute Gasteiger partial charge is 0.373 e. The molecule has 9 nitrogen and oxygen atoms in total. The van der Waals surface area contributed by atoms with Crippen molar-refractivity contribution in [3.8, 4) is 11.4 Å². The Morgan fingerprint density at radius 3 is 2.63 bits per heavy atom. The topological polar surface area (TPSA) is 131 Å². The molecule has 2 N–H and O–H groups in total. The highest BCUT2D eigenvalue weighted by atomic mass is 32.2. The van der Waals surface area contributed by atoms with E-state index in [9.17, 15) is 18.0 Å². The van der Waals surface area contributed by atoms with Gasteiger partial charge in [0, 0.05) is 35.5 Å². The highest BCUT2D eigenvalue weighted by Gasteiger charge is 2.26. The second-order valence-corrected chi connectivity index (χ2v) is 8.02. The maximum atomic E-state index is 12.9. The molecule has 0 atom stereocenters. The molecule has 0 aliphatic heterocycles. The molecule has 0 aliphatic carbocycles. The van der Waals surface area contributed by atoms with E-state index in [0.717, 1.165) is 6.07 Å². The summed E-state index contributed by atoms with van der Waals surface area (Å²) >= 11 is 0. The third kappa shape index (κ3) is 4.43. The number of aromatic nitrogens is 2. The van der Waals surface area contributed by atoms with Crippen LogP contribution in [0.3, 0.4) is 0 Å². The number of aryl methyl sites for hydroxylation is 2. The number of carbonyl (C=O) groups excluding carboxylic acids is 1. The summed E-state index contributed by atoms with van der Waals surface area (Å²) in [6.07, 6.45) is 0.855. The standard InChI is InChI=1S/C20H21N3O6S/c1-4-13-10-18(24)22-19(21-13)12-7-6-8-14(9-12)23-30(26,27)17-11-16(20(25)28-3)29-15(17)5-2/h6-11,23H,4-5H2,1-3H3,(H,21,22,24). The lowest BCUT2D eigenvalue weighted by atomic mass is 10.2. The first-order chi connectivity index (χ1) is 14.3. The van der Waals surface area contributed by atoms with Crippen molar-refractivity contribution >= 4 is 21.7 Å². The van der Waals surface area contributed by atoms with E-state index < -0.39 is 16.0 Å². The second kappa shape index (κ2) is 8.54. The fourth-order valence-electron chi connectivity index (χ4n) is 2.85. The number of sulfonamides is 1. The quantitative estimate of drug-likeness (QED) is 0.550. The van der Waals surface area contributed by atoms with Crippen LogP contribution in [-0.2, 0) is 27.6 Å². The van der Waals surface area contributed by atoms with Gasteiger partial charge in [0.05, 0.1) is 7.11 Å². The molecule has 0 aliphatic rings. The summed E-state index contributed by atoms with van der Waals surface area (Å²) in [5, 5.41) is 0. The molecule has 0 bridgehead atoms. The summed E-state index contributed by atoms with van der Waals surface area (Å²) in [7, 11) is -2.86. The molecular formula is C20H21N3O6S. The molecule has 30 heavy (non-hydrogen) atoms. The molecule has 3 aromatic rings. The summed E-state index contributed by atoms with van der Waals surface area (Å²) in [5.74, 6) is -0.479. The monoisotopic (exact) mass is 431 g/mol. The van der Waals surface area contributed by atoms with Gasteiger partial charge >= 0.3 is 5.97 Å². The second-order valence-electron chi connectivity index (χ2n) is 6.37. The maximum absolute atomic E-state index is 12.9. The molecular weight excluding hydrogens is 410 g/mol. The fourth-order valence-corrected chi connectivity index (χ4v) is 4.15. The molecule has 0 fully saturated rings. The van der Waals surface area contributed by atoms with E-state index in [1.807, 2.05) is 6.92 Å². The number of nitrogens with zero attached hydrogens (tertiary/aromatic N) is 1. The number of H-pyrrole nitrogens is 1. The van der Waals surface area contributed by atoms with Crippen LogP contribution in [0.2, 0.25) is 0 Å². The molecule has 0 radical (unpaired) electrons. The Balaban J connectivity index is 1.96. The van der Waals surface area contributed by atoms with Gasteiger partial charge in [0.25, 0.3) is 15.6 Å². The normalized spacial score (nSPS) is 11.3. The molecule has 2 heterocycles. The number of benzene rings is 1. The Labute approximate surface area is 173 Å². The molecule has 3 rings (SSSR count). The molecule has 2 aromatic heterocycles. The van der Waals surface area contributed by atoms with Crippen molar-refractivity contribution in [2.75, 3.05) is 11.8 Å². The minimum absolute atomic E-state index is 0.140. The molecule has 0 saturated heterocycles. The lowest BCUT2D eigenvalue weighted by Crippen LogP contribution is -2.14. The van der Waals surface area contributed by atoms with Crippen molar-refractivity contribution in [1.82, 2.24) is 9.97 Å². The summed E-state index contributed by atoms with van der Waals surface area (Å²) in [6.45, 7) is 3.59. The van der Waals surface area contributed by atoms with Gasteiger partial charge in [0.1, 0.15) is 16.5 Å². The Kier molecular flexibility index (Phi) is 6.06. The summed E-state index contributed by atoms with van der Waals surface area (Å²) in [4.78, 5) is 30.4. The first-order valence-corrected chi connectivity index (χ1v) is 10.7. The fraction of sp³-hybridized carbons (Fsp3) is 0.250. The Morgan fingerprint density at radius 2 is 1.97 bits per heavy atom. The highest BCUT2D eigenvalue weighted by molar-refractivity contribution is 7.92. The first kappa shape index (κ1) is 21.3. The lowest BCUT2D eigenvalue weighted by Gasteiger charge is -2.09. The van der Waals surface area contributed by atoms with E-state index in [-0.39, 0.29) is 34.1 Å². The van der Waals surface area contributed by atoms with Crippen molar-refractivity contribution in [3.05, 3.63) is 64.0 Å². The molecule has 0 amide bonds. The number of anilines is 1. The average molecular weight is 431 g/mol. The van der Waals surface area contributed by atoms with Gasteiger partial charge in [0.15, 0.2) is 0 Å². The number of esters is 1. The average Bonchev–Trinajstić information content (AvgIpc) is 3.18. The van der Waals surface area contributed by atoms with Gasteiger partial charge in [-0.15, -0.1) is 0 Å². The first-order valence-electron chi connectivity index (χ1n) is 9.22. The zero-order valence-electron chi connectivity index (χ0n) is 16.7. The summed E-state index contributed by atoms with van der Waals surface area (Å²) in [5.41, 5.74) is 1.14. The summed E-state index contributed by atoms with van der Waals surface area (Å²) in [6, 6.07) is 9.03. The van der Waals surface area contributed by atoms with Crippen molar-refractivity contribution in [1.29, 1.82) is 0 Å². The van der Waals surface area contributed by atoms with Gasteiger partial charge in [-0.2, -0.15) is 0 Å². The minimum atomic E-state index is -4.04. The number of ether oxygens (including phenoxy) is 1. The van der Waals surface area contributed by atoms with E-state index in [0.29, 0.717) is 23.5 Å². The third-order valence-electron chi connectivity index (χ3n) is 4.31. The zero-order valence-corrected chi connectivity index (χ0v) is 17.5. The molecule has 0 spiro atoms. The number of carbonyl (C=O) groups is 1. The van der Waals surface area contributed by atoms with Gasteiger partial charge in [-0.25, -0.2) is 18.2 Å².